The number of nitrogens with zero attached hydrogens (tertiary/aromatic N) is 1. The maximum Gasteiger partial charge on any atom is 0.306 e. The summed E-state index contributed by atoms with van der Waals surface area (Å²) in [6.07, 6.45) is 3.60. The van der Waals surface area contributed by atoms with E-state index in [-0.39, 0.29) is 23.3 Å². The normalized spacial score (nSPS) is 24.7. The van der Waals surface area contributed by atoms with E-state index in [0.29, 0.717) is 25.7 Å². The zero-order valence-corrected chi connectivity index (χ0v) is 11.9. The maximum absolute atomic E-state index is 12.4. The molecule has 0 unspecified atom stereocenters. The highest BCUT2D eigenvalue weighted by atomic mass is 16.4. The largest absolute Gasteiger partial charge is 0.481 e. The van der Waals surface area contributed by atoms with Crippen LogP contribution in [0.15, 0.2) is 0 Å². The van der Waals surface area contributed by atoms with Crippen molar-refractivity contribution >= 4 is 11.9 Å². The van der Waals surface area contributed by atoms with Gasteiger partial charge in [-0.05, 0) is 46.0 Å². The first-order valence-electron chi connectivity index (χ1n) is 6.80. The van der Waals surface area contributed by atoms with E-state index < -0.39 is 5.97 Å². The Labute approximate surface area is 109 Å². The smallest absolute Gasteiger partial charge is 0.306 e. The summed E-state index contributed by atoms with van der Waals surface area (Å²) in [4.78, 5) is 25.1. The van der Waals surface area contributed by atoms with Crippen LogP contribution in [-0.4, -0.2) is 34.5 Å². The molecular formula is C14H25NO3. The lowest BCUT2D eigenvalue weighted by Gasteiger charge is -2.38. The lowest BCUT2D eigenvalue weighted by molar-refractivity contribution is -0.146. The molecule has 104 valence electrons. The number of hydrogen-bond acceptors (Lipinski definition) is 2. The minimum absolute atomic E-state index is 0.0106. The first kappa shape index (κ1) is 15.0. The monoisotopic (exact) mass is 255 g/mol. The average Bonchev–Trinajstić information content (AvgIpc) is 2.37. The van der Waals surface area contributed by atoms with Crippen molar-refractivity contribution < 1.29 is 14.7 Å². The van der Waals surface area contributed by atoms with Crippen LogP contribution in [0.3, 0.4) is 0 Å². The number of amides is 1. The van der Waals surface area contributed by atoms with Crippen LogP contribution in [0.2, 0.25) is 0 Å². The second-order valence-electron chi connectivity index (χ2n) is 5.95. The Morgan fingerprint density at radius 3 is 2.00 bits per heavy atom. The molecule has 0 aliphatic heterocycles. The van der Waals surface area contributed by atoms with Gasteiger partial charge in [-0.15, -0.1) is 0 Å². The van der Waals surface area contributed by atoms with Gasteiger partial charge in [0.15, 0.2) is 0 Å². The molecule has 1 amide bonds. The zero-order chi connectivity index (χ0) is 13.9. The Hall–Kier alpha value is -1.06. The first-order valence-corrected chi connectivity index (χ1v) is 6.80. The molecule has 0 radical (unpaired) electrons. The van der Waals surface area contributed by atoms with E-state index in [0.717, 1.165) is 6.42 Å². The van der Waals surface area contributed by atoms with Gasteiger partial charge in [-0.25, -0.2) is 0 Å². The Morgan fingerprint density at radius 2 is 1.61 bits per heavy atom. The summed E-state index contributed by atoms with van der Waals surface area (Å²) < 4.78 is 0. The summed E-state index contributed by atoms with van der Waals surface area (Å²) in [5.41, 5.74) is -0.124. The number of rotatable bonds is 4. The minimum Gasteiger partial charge on any atom is -0.481 e. The zero-order valence-electron chi connectivity index (χ0n) is 11.9. The molecule has 18 heavy (non-hydrogen) atoms. The van der Waals surface area contributed by atoms with E-state index in [2.05, 4.69) is 20.8 Å². The van der Waals surface area contributed by atoms with Crippen LogP contribution in [0.5, 0.6) is 0 Å². The molecule has 0 saturated heterocycles. The Bertz CT molecular complexity index is 317. The van der Waals surface area contributed by atoms with Gasteiger partial charge in [0.1, 0.15) is 0 Å². The number of hydrogen-bond donors (Lipinski definition) is 1. The third-order valence-corrected chi connectivity index (χ3v) is 4.53. The molecule has 1 aliphatic rings. The predicted molar refractivity (Wildman–Crippen MR) is 70.2 cm³/mol. The molecule has 0 spiro atoms. The number of carbonyl (C=O) groups is 2. The fourth-order valence-electron chi connectivity index (χ4n) is 2.40. The van der Waals surface area contributed by atoms with Crippen LogP contribution < -0.4 is 0 Å². The van der Waals surface area contributed by atoms with Gasteiger partial charge in [0.25, 0.3) is 0 Å². The van der Waals surface area contributed by atoms with E-state index in [1.165, 1.54) is 0 Å². The standard InChI is InChI=1S/C14H25NO3/c1-5-14(2,3)15(4)12(16)10-6-8-11(9-7-10)13(17)18/h10-11H,5-9H2,1-4H3,(H,17,18). The molecule has 4 nitrogen and oxygen atoms in total. The second-order valence-corrected chi connectivity index (χ2v) is 5.95. The van der Waals surface area contributed by atoms with Gasteiger partial charge in [-0.1, -0.05) is 6.92 Å². The van der Waals surface area contributed by atoms with Gasteiger partial charge in [-0.3, -0.25) is 9.59 Å². The maximum atomic E-state index is 12.4. The summed E-state index contributed by atoms with van der Waals surface area (Å²) in [7, 11) is 1.86. The minimum atomic E-state index is -0.719. The van der Waals surface area contributed by atoms with E-state index in [4.69, 9.17) is 5.11 Å². The summed E-state index contributed by atoms with van der Waals surface area (Å²) in [6.45, 7) is 6.20. The number of aliphatic carboxylic acids is 1. The van der Waals surface area contributed by atoms with Gasteiger partial charge in [0, 0.05) is 18.5 Å². The SMILES string of the molecule is CCC(C)(C)N(C)C(=O)C1CCC(C(=O)O)CC1. The van der Waals surface area contributed by atoms with Gasteiger partial charge in [-0.2, -0.15) is 0 Å². The first-order chi connectivity index (χ1) is 8.29. The van der Waals surface area contributed by atoms with Gasteiger partial charge < -0.3 is 10.0 Å². The van der Waals surface area contributed by atoms with Crippen molar-refractivity contribution in [3.8, 4) is 0 Å². The lowest BCUT2D eigenvalue weighted by Crippen LogP contribution is -2.47. The van der Waals surface area contributed by atoms with Crippen molar-refractivity contribution in [2.75, 3.05) is 7.05 Å². The van der Waals surface area contributed by atoms with Crippen LogP contribution in [0.25, 0.3) is 0 Å². The Morgan fingerprint density at radius 1 is 1.17 bits per heavy atom. The van der Waals surface area contributed by atoms with Gasteiger partial charge in [0.05, 0.1) is 5.92 Å². The number of carbonyl (C=O) groups excluding carboxylic acids is 1. The van der Waals surface area contributed by atoms with E-state index in [1.807, 2.05) is 11.9 Å². The molecule has 0 aromatic rings. The predicted octanol–water partition coefficient (Wildman–Crippen LogP) is 2.52. The van der Waals surface area contributed by atoms with Crippen molar-refractivity contribution in [3.63, 3.8) is 0 Å². The molecule has 0 aromatic heterocycles. The summed E-state index contributed by atoms with van der Waals surface area (Å²) >= 11 is 0. The topological polar surface area (TPSA) is 57.6 Å². The van der Waals surface area contributed by atoms with Gasteiger partial charge >= 0.3 is 5.97 Å². The Kier molecular flexibility index (Phi) is 4.77. The van der Waals surface area contributed by atoms with E-state index >= 15 is 0 Å². The second kappa shape index (κ2) is 5.72. The molecule has 0 atom stereocenters. The third kappa shape index (κ3) is 3.24. The average molecular weight is 255 g/mol. The molecule has 0 aromatic carbocycles. The van der Waals surface area contributed by atoms with Gasteiger partial charge in [0.2, 0.25) is 5.91 Å². The molecule has 1 aliphatic carbocycles. The van der Waals surface area contributed by atoms with Crippen molar-refractivity contribution in [1.82, 2.24) is 4.90 Å². The van der Waals surface area contributed by atoms with E-state index in [9.17, 15) is 9.59 Å². The van der Waals surface area contributed by atoms with Crippen LogP contribution in [0.4, 0.5) is 0 Å². The highest BCUT2D eigenvalue weighted by Crippen LogP contribution is 2.31. The third-order valence-electron chi connectivity index (χ3n) is 4.53. The molecule has 4 heteroatoms. The summed E-state index contributed by atoms with van der Waals surface area (Å²) in [5.74, 6) is -0.788. The fraction of sp³-hybridized carbons (Fsp3) is 0.857. The van der Waals surface area contributed by atoms with Crippen molar-refractivity contribution in [2.24, 2.45) is 11.8 Å². The van der Waals surface area contributed by atoms with E-state index in [1.54, 1.807) is 0 Å². The molecule has 0 bridgehead atoms. The molecule has 0 heterocycles. The van der Waals surface area contributed by atoms with Crippen molar-refractivity contribution in [3.05, 3.63) is 0 Å². The van der Waals surface area contributed by atoms with Crippen LogP contribution in [-0.2, 0) is 9.59 Å². The van der Waals surface area contributed by atoms with Crippen LogP contribution in [0.1, 0.15) is 52.9 Å². The highest BCUT2D eigenvalue weighted by molar-refractivity contribution is 5.80. The highest BCUT2D eigenvalue weighted by Gasteiger charge is 2.34. The molecule has 1 rings (SSSR count). The lowest BCUT2D eigenvalue weighted by atomic mass is 9.81. The molecule has 1 fully saturated rings. The van der Waals surface area contributed by atoms with Crippen LogP contribution >= 0.6 is 0 Å². The van der Waals surface area contributed by atoms with Crippen molar-refractivity contribution in [2.45, 2.75) is 58.4 Å². The number of carboxylic acid groups (broad SMARTS) is 1. The quantitative estimate of drug-likeness (QED) is 0.839. The summed E-state index contributed by atoms with van der Waals surface area (Å²) in [5, 5.41) is 8.94. The molecular weight excluding hydrogens is 230 g/mol. The molecule has 1 N–H and O–H groups in total. The Balaban J connectivity index is 2.57. The molecule has 1 saturated carbocycles. The fourth-order valence-corrected chi connectivity index (χ4v) is 2.40. The number of carboxylic acids is 1. The van der Waals surface area contributed by atoms with Crippen LogP contribution in [0, 0.1) is 11.8 Å². The summed E-state index contributed by atoms with van der Waals surface area (Å²) in [6, 6.07) is 0. The van der Waals surface area contributed by atoms with Crippen molar-refractivity contribution in [1.29, 1.82) is 0 Å².